The predicted octanol–water partition coefficient (Wildman–Crippen LogP) is 2.28. The lowest BCUT2D eigenvalue weighted by Crippen LogP contribution is -2.28. The van der Waals surface area contributed by atoms with Crippen LogP contribution in [0.4, 0.5) is 0 Å². The first-order valence-electron chi connectivity index (χ1n) is 9.01. The van der Waals surface area contributed by atoms with Gasteiger partial charge in [0.1, 0.15) is 0 Å². The van der Waals surface area contributed by atoms with Crippen LogP contribution in [0.5, 0.6) is 0 Å². The van der Waals surface area contributed by atoms with Gasteiger partial charge in [-0.05, 0) is 25.3 Å². The van der Waals surface area contributed by atoms with Crippen LogP contribution in [0.3, 0.4) is 0 Å². The van der Waals surface area contributed by atoms with Crippen molar-refractivity contribution >= 4 is 11.6 Å². The largest absolute Gasteiger partial charge is 0.342 e. The molecule has 1 unspecified atom stereocenters. The molecule has 1 aromatic carbocycles. The Labute approximate surface area is 151 Å². The van der Waals surface area contributed by atoms with Crippen molar-refractivity contribution in [3.63, 3.8) is 0 Å². The summed E-state index contributed by atoms with van der Waals surface area (Å²) in [6, 6.07) is 13.5. The number of likely N-dealkylation sites (tertiary alicyclic amines) is 1. The molecular formula is C20H22N4O2. The summed E-state index contributed by atoms with van der Waals surface area (Å²) in [5.41, 5.74) is 3.41. The van der Waals surface area contributed by atoms with Crippen molar-refractivity contribution in [2.24, 2.45) is 0 Å². The Morgan fingerprint density at radius 1 is 1.27 bits per heavy atom. The third kappa shape index (κ3) is 3.27. The number of rotatable bonds is 4. The van der Waals surface area contributed by atoms with Gasteiger partial charge in [-0.1, -0.05) is 30.3 Å². The monoisotopic (exact) mass is 350 g/mol. The molecule has 1 aliphatic heterocycles. The smallest absolute Gasteiger partial charge is 0.272 e. The van der Waals surface area contributed by atoms with Gasteiger partial charge in [-0.25, -0.2) is 9.50 Å². The van der Waals surface area contributed by atoms with Crippen LogP contribution in [0, 0.1) is 6.92 Å². The summed E-state index contributed by atoms with van der Waals surface area (Å²) in [6.45, 7) is 3.26. The molecule has 6 heteroatoms. The summed E-state index contributed by atoms with van der Waals surface area (Å²) in [4.78, 5) is 30.9. The maximum atomic E-state index is 12.5. The Hall–Kier alpha value is -2.89. The topological polar surface area (TPSA) is 70.5 Å². The molecule has 1 amide bonds. The van der Waals surface area contributed by atoms with Crippen molar-refractivity contribution in [2.45, 2.75) is 32.1 Å². The Bertz CT molecular complexity index is 990. The lowest BCUT2D eigenvalue weighted by molar-refractivity contribution is -0.130. The van der Waals surface area contributed by atoms with E-state index in [2.05, 4.69) is 22.2 Å². The first kappa shape index (κ1) is 16.6. The SMILES string of the molecule is Cc1cc(=O)n2[nH]c(C3CCN(C(=O)CCc4ccccc4)C3)cc2n1. The summed E-state index contributed by atoms with van der Waals surface area (Å²) in [7, 11) is 0. The van der Waals surface area contributed by atoms with Crippen LogP contribution >= 0.6 is 0 Å². The van der Waals surface area contributed by atoms with Gasteiger partial charge in [0.25, 0.3) is 5.56 Å². The Balaban J connectivity index is 1.42. The molecule has 6 nitrogen and oxygen atoms in total. The molecule has 2 aromatic heterocycles. The van der Waals surface area contributed by atoms with Gasteiger partial charge in [-0.2, -0.15) is 0 Å². The molecule has 0 aliphatic carbocycles. The molecule has 1 fully saturated rings. The number of hydrogen-bond donors (Lipinski definition) is 1. The number of carbonyl (C=O) groups is 1. The van der Waals surface area contributed by atoms with E-state index >= 15 is 0 Å². The second-order valence-corrected chi connectivity index (χ2v) is 6.95. The van der Waals surface area contributed by atoms with Crippen LogP contribution in [0.2, 0.25) is 0 Å². The second-order valence-electron chi connectivity index (χ2n) is 6.95. The van der Waals surface area contributed by atoms with E-state index in [1.165, 1.54) is 16.1 Å². The molecule has 4 rings (SSSR count). The number of carbonyl (C=O) groups excluding carboxylic acids is 1. The number of aromatic amines is 1. The van der Waals surface area contributed by atoms with Gasteiger partial charge < -0.3 is 4.90 Å². The van der Waals surface area contributed by atoms with Crippen LogP contribution in [-0.2, 0) is 11.2 Å². The molecule has 0 bridgehead atoms. The minimum absolute atomic E-state index is 0.104. The van der Waals surface area contributed by atoms with Gasteiger partial charge in [-0.15, -0.1) is 0 Å². The van der Waals surface area contributed by atoms with Crippen molar-refractivity contribution in [2.75, 3.05) is 13.1 Å². The molecule has 1 aliphatic rings. The fourth-order valence-electron chi connectivity index (χ4n) is 3.63. The third-order valence-corrected chi connectivity index (χ3v) is 5.05. The van der Waals surface area contributed by atoms with E-state index in [0.29, 0.717) is 24.3 Å². The quantitative estimate of drug-likeness (QED) is 0.785. The number of nitrogens with zero attached hydrogens (tertiary/aromatic N) is 3. The maximum Gasteiger partial charge on any atom is 0.272 e. The highest BCUT2D eigenvalue weighted by molar-refractivity contribution is 5.76. The molecule has 1 atom stereocenters. The number of nitrogens with one attached hydrogen (secondary N) is 1. The Morgan fingerprint density at radius 3 is 2.88 bits per heavy atom. The van der Waals surface area contributed by atoms with Gasteiger partial charge in [0, 0.05) is 48.9 Å². The minimum Gasteiger partial charge on any atom is -0.342 e. The maximum absolute atomic E-state index is 12.5. The predicted molar refractivity (Wildman–Crippen MR) is 99.3 cm³/mol. The van der Waals surface area contributed by atoms with E-state index < -0.39 is 0 Å². The first-order valence-corrected chi connectivity index (χ1v) is 9.01. The van der Waals surface area contributed by atoms with E-state index in [9.17, 15) is 9.59 Å². The van der Waals surface area contributed by atoms with E-state index in [-0.39, 0.29) is 17.4 Å². The lowest BCUT2D eigenvalue weighted by Gasteiger charge is -2.16. The molecule has 0 radical (unpaired) electrons. The molecule has 1 saturated heterocycles. The number of fused-ring (bicyclic) bond motifs is 1. The number of aryl methyl sites for hydroxylation is 2. The van der Waals surface area contributed by atoms with Crippen LogP contribution in [-0.4, -0.2) is 38.5 Å². The number of hydrogen-bond acceptors (Lipinski definition) is 3. The molecule has 1 N–H and O–H groups in total. The van der Waals surface area contributed by atoms with Crippen molar-refractivity contribution in [3.05, 3.63) is 69.8 Å². The van der Waals surface area contributed by atoms with Gasteiger partial charge in [0.05, 0.1) is 0 Å². The highest BCUT2D eigenvalue weighted by Crippen LogP contribution is 2.27. The van der Waals surface area contributed by atoms with Gasteiger partial charge in [-0.3, -0.25) is 14.7 Å². The van der Waals surface area contributed by atoms with Crippen molar-refractivity contribution in [1.82, 2.24) is 19.5 Å². The zero-order chi connectivity index (χ0) is 18.1. The average molecular weight is 350 g/mol. The van der Waals surface area contributed by atoms with Crippen LogP contribution in [0.25, 0.3) is 5.65 Å². The van der Waals surface area contributed by atoms with Crippen LogP contribution < -0.4 is 5.56 Å². The zero-order valence-corrected chi connectivity index (χ0v) is 14.8. The van der Waals surface area contributed by atoms with Crippen molar-refractivity contribution in [1.29, 1.82) is 0 Å². The molecular weight excluding hydrogens is 328 g/mol. The lowest BCUT2D eigenvalue weighted by atomic mass is 10.1. The Morgan fingerprint density at radius 2 is 2.08 bits per heavy atom. The highest BCUT2D eigenvalue weighted by Gasteiger charge is 2.28. The molecule has 134 valence electrons. The fourth-order valence-corrected chi connectivity index (χ4v) is 3.63. The van der Waals surface area contributed by atoms with E-state index in [0.717, 1.165) is 25.1 Å². The number of H-pyrrole nitrogens is 1. The summed E-state index contributed by atoms with van der Waals surface area (Å²) >= 11 is 0. The molecule has 0 spiro atoms. The normalized spacial score (nSPS) is 17.1. The van der Waals surface area contributed by atoms with Crippen LogP contribution in [0.1, 0.15) is 35.7 Å². The minimum atomic E-state index is -0.104. The number of aromatic nitrogens is 3. The van der Waals surface area contributed by atoms with E-state index in [1.807, 2.05) is 36.1 Å². The second kappa shape index (κ2) is 6.78. The number of benzene rings is 1. The van der Waals surface area contributed by atoms with E-state index in [4.69, 9.17) is 0 Å². The zero-order valence-electron chi connectivity index (χ0n) is 14.8. The van der Waals surface area contributed by atoms with Crippen LogP contribution in [0.15, 0.2) is 47.3 Å². The molecule has 0 saturated carbocycles. The van der Waals surface area contributed by atoms with Crippen molar-refractivity contribution < 1.29 is 4.79 Å². The molecule has 3 aromatic rings. The van der Waals surface area contributed by atoms with Gasteiger partial charge in [0.2, 0.25) is 5.91 Å². The highest BCUT2D eigenvalue weighted by atomic mass is 16.2. The fraction of sp³-hybridized carbons (Fsp3) is 0.350. The van der Waals surface area contributed by atoms with E-state index in [1.54, 1.807) is 0 Å². The Kier molecular flexibility index (Phi) is 4.32. The summed E-state index contributed by atoms with van der Waals surface area (Å²) < 4.78 is 1.47. The van der Waals surface area contributed by atoms with Crippen molar-refractivity contribution in [3.8, 4) is 0 Å². The molecule has 3 heterocycles. The van der Waals surface area contributed by atoms with Gasteiger partial charge >= 0.3 is 0 Å². The standard InChI is InChI=1S/C20H22N4O2/c1-14-11-20(26)24-18(21-14)12-17(22-24)16-9-10-23(13-16)19(25)8-7-15-5-3-2-4-6-15/h2-6,11-12,16,22H,7-10,13H2,1H3. The summed E-state index contributed by atoms with van der Waals surface area (Å²) in [5, 5.41) is 3.15. The summed E-state index contributed by atoms with van der Waals surface area (Å²) in [6.07, 6.45) is 2.20. The van der Waals surface area contributed by atoms with Gasteiger partial charge in [0.15, 0.2) is 5.65 Å². The average Bonchev–Trinajstić information content (AvgIpc) is 3.27. The third-order valence-electron chi connectivity index (χ3n) is 5.05. The summed E-state index contributed by atoms with van der Waals surface area (Å²) in [5.74, 6) is 0.413. The first-order chi connectivity index (χ1) is 12.6. The number of amides is 1. The molecule has 26 heavy (non-hydrogen) atoms.